The van der Waals surface area contributed by atoms with Gasteiger partial charge in [0.25, 0.3) is 0 Å². The number of anilines is 1. The molecule has 88 valence electrons. The van der Waals surface area contributed by atoms with Gasteiger partial charge in [0.05, 0.1) is 0 Å². The van der Waals surface area contributed by atoms with E-state index >= 15 is 0 Å². The maximum atomic E-state index is 9.44. The first kappa shape index (κ1) is 11.2. The highest BCUT2D eigenvalue weighted by Crippen LogP contribution is 2.32. The summed E-state index contributed by atoms with van der Waals surface area (Å²) in [6.07, 6.45) is 0. The van der Waals surface area contributed by atoms with Gasteiger partial charge >= 0.3 is 6.01 Å². The smallest absolute Gasteiger partial charge is 0.322 e. The molecular weight excluding hydrogens is 218 g/mol. The van der Waals surface area contributed by atoms with Crippen LogP contribution in [0.1, 0.15) is 11.4 Å². The number of phenolic OH excluding ortho intramolecular Hbond substituents is 1. The van der Waals surface area contributed by atoms with Crippen LogP contribution >= 0.6 is 0 Å². The van der Waals surface area contributed by atoms with Crippen LogP contribution in [0.2, 0.25) is 0 Å². The Kier molecular flexibility index (Phi) is 2.82. The van der Waals surface area contributed by atoms with Gasteiger partial charge in [-0.1, -0.05) is 6.07 Å². The molecule has 0 fully saturated rings. The maximum Gasteiger partial charge on any atom is 0.322 e. The van der Waals surface area contributed by atoms with Crippen molar-refractivity contribution in [1.29, 1.82) is 0 Å². The minimum atomic E-state index is -0.0214. The van der Waals surface area contributed by atoms with Gasteiger partial charge in [-0.05, 0) is 32.0 Å². The van der Waals surface area contributed by atoms with E-state index in [1.54, 1.807) is 12.1 Å². The lowest BCUT2D eigenvalue weighted by Gasteiger charge is -2.08. The average molecular weight is 231 g/mol. The van der Waals surface area contributed by atoms with Crippen LogP contribution in [0.3, 0.4) is 0 Å². The fourth-order valence-corrected chi connectivity index (χ4v) is 1.46. The van der Waals surface area contributed by atoms with Crippen LogP contribution in [-0.4, -0.2) is 15.1 Å². The summed E-state index contributed by atoms with van der Waals surface area (Å²) in [4.78, 5) is 8.26. The Bertz CT molecular complexity index is 535. The number of nitrogens with zero attached hydrogens (tertiary/aromatic N) is 2. The zero-order valence-electron chi connectivity index (χ0n) is 9.64. The van der Waals surface area contributed by atoms with Gasteiger partial charge in [0.15, 0.2) is 5.75 Å². The number of hydrogen-bond donors (Lipinski definition) is 2. The predicted octanol–water partition coefficient (Wildman–Crippen LogP) is 2.17. The van der Waals surface area contributed by atoms with Gasteiger partial charge in [-0.3, -0.25) is 0 Å². The van der Waals surface area contributed by atoms with Crippen molar-refractivity contribution in [1.82, 2.24) is 9.97 Å². The molecule has 0 aliphatic carbocycles. The van der Waals surface area contributed by atoms with Gasteiger partial charge in [0, 0.05) is 11.4 Å². The first-order valence-electron chi connectivity index (χ1n) is 5.14. The molecule has 0 spiro atoms. The summed E-state index contributed by atoms with van der Waals surface area (Å²) in [5.74, 6) is 0.321. The van der Waals surface area contributed by atoms with Crippen molar-refractivity contribution in [3.8, 4) is 17.5 Å². The molecule has 3 N–H and O–H groups in total. The van der Waals surface area contributed by atoms with E-state index in [1.165, 1.54) is 6.07 Å². The second-order valence-corrected chi connectivity index (χ2v) is 3.72. The van der Waals surface area contributed by atoms with Gasteiger partial charge in [-0.2, -0.15) is 0 Å². The summed E-state index contributed by atoms with van der Waals surface area (Å²) in [6.45, 7) is 3.71. The van der Waals surface area contributed by atoms with Crippen molar-refractivity contribution < 1.29 is 9.84 Å². The molecule has 0 radical (unpaired) electrons. The van der Waals surface area contributed by atoms with E-state index in [4.69, 9.17) is 10.5 Å². The van der Waals surface area contributed by atoms with Crippen molar-refractivity contribution in [3.63, 3.8) is 0 Å². The van der Waals surface area contributed by atoms with Crippen LogP contribution in [0.25, 0.3) is 0 Å². The minimum Gasteiger partial charge on any atom is -0.506 e. The van der Waals surface area contributed by atoms with Crippen LogP contribution in [0.4, 0.5) is 5.69 Å². The van der Waals surface area contributed by atoms with E-state index in [-0.39, 0.29) is 17.4 Å². The average Bonchev–Trinajstić information content (AvgIpc) is 2.23. The first-order chi connectivity index (χ1) is 8.06. The Labute approximate surface area is 98.9 Å². The Balaban J connectivity index is 2.34. The Morgan fingerprint density at radius 2 is 1.82 bits per heavy atom. The van der Waals surface area contributed by atoms with Crippen molar-refractivity contribution in [2.24, 2.45) is 0 Å². The molecule has 0 aliphatic heterocycles. The number of para-hydroxylation sites is 1. The van der Waals surface area contributed by atoms with Gasteiger partial charge < -0.3 is 15.6 Å². The van der Waals surface area contributed by atoms with Crippen molar-refractivity contribution in [2.45, 2.75) is 13.8 Å². The largest absolute Gasteiger partial charge is 0.506 e. The molecule has 0 saturated heterocycles. The summed E-state index contributed by atoms with van der Waals surface area (Å²) in [7, 11) is 0. The third kappa shape index (κ3) is 2.44. The molecule has 17 heavy (non-hydrogen) atoms. The molecule has 0 amide bonds. The van der Waals surface area contributed by atoms with Crippen LogP contribution in [0, 0.1) is 13.8 Å². The lowest BCUT2D eigenvalue weighted by Crippen LogP contribution is -1.98. The predicted molar refractivity (Wildman–Crippen MR) is 64.1 cm³/mol. The van der Waals surface area contributed by atoms with Gasteiger partial charge in [-0.15, -0.1) is 0 Å². The lowest BCUT2D eigenvalue weighted by atomic mass is 10.3. The van der Waals surface area contributed by atoms with Crippen LogP contribution < -0.4 is 10.5 Å². The number of hydrogen-bond acceptors (Lipinski definition) is 5. The first-order valence-corrected chi connectivity index (χ1v) is 5.14. The second-order valence-electron chi connectivity index (χ2n) is 3.72. The highest BCUT2D eigenvalue weighted by Gasteiger charge is 2.08. The van der Waals surface area contributed by atoms with Crippen LogP contribution in [0.15, 0.2) is 24.3 Å². The summed E-state index contributed by atoms with van der Waals surface area (Å²) < 4.78 is 5.44. The summed E-state index contributed by atoms with van der Waals surface area (Å²) in [5.41, 5.74) is 7.47. The molecule has 0 bridgehead atoms. The normalized spacial score (nSPS) is 10.2. The Morgan fingerprint density at radius 3 is 2.47 bits per heavy atom. The number of phenols is 1. The molecule has 0 saturated carbocycles. The quantitative estimate of drug-likeness (QED) is 0.611. The summed E-state index contributed by atoms with van der Waals surface area (Å²) >= 11 is 0. The summed E-state index contributed by atoms with van der Waals surface area (Å²) in [5, 5.41) is 9.44. The molecule has 1 aromatic carbocycles. The highest BCUT2D eigenvalue weighted by molar-refractivity contribution is 5.62. The van der Waals surface area contributed by atoms with Crippen LogP contribution in [-0.2, 0) is 0 Å². The molecular formula is C12H13N3O2. The fraction of sp³-hybridized carbons (Fsp3) is 0.167. The van der Waals surface area contributed by atoms with E-state index in [9.17, 15) is 5.11 Å². The van der Waals surface area contributed by atoms with E-state index < -0.39 is 0 Å². The molecule has 0 aliphatic rings. The van der Waals surface area contributed by atoms with E-state index in [1.807, 2.05) is 19.9 Å². The Morgan fingerprint density at radius 1 is 1.18 bits per heavy atom. The number of nitrogens with two attached hydrogens (primary N) is 1. The second kappa shape index (κ2) is 4.29. The monoisotopic (exact) mass is 231 g/mol. The van der Waals surface area contributed by atoms with Gasteiger partial charge in [-0.25, -0.2) is 9.97 Å². The van der Waals surface area contributed by atoms with Crippen molar-refractivity contribution in [2.75, 3.05) is 5.73 Å². The molecule has 1 aromatic heterocycles. The van der Waals surface area contributed by atoms with Gasteiger partial charge in [0.2, 0.25) is 0 Å². The zero-order valence-corrected chi connectivity index (χ0v) is 9.64. The lowest BCUT2D eigenvalue weighted by molar-refractivity contribution is 0.432. The van der Waals surface area contributed by atoms with Crippen molar-refractivity contribution >= 4 is 5.69 Å². The SMILES string of the molecule is Cc1cc(C)nc(Oc2cccc(O)c2N)n1. The number of aromatic hydroxyl groups is 1. The number of rotatable bonds is 2. The third-order valence-corrected chi connectivity index (χ3v) is 2.21. The maximum absolute atomic E-state index is 9.44. The van der Waals surface area contributed by atoms with E-state index in [0.29, 0.717) is 5.75 Å². The van der Waals surface area contributed by atoms with E-state index in [0.717, 1.165) is 11.4 Å². The summed E-state index contributed by atoms with van der Waals surface area (Å²) in [6, 6.07) is 6.85. The number of ether oxygens (including phenoxy) is 1. The Hall–Kier alpha value is -2.30. The number of aromatic nitrogens is 2. The molecule has 5 heteroatoms. The standard InChI is InChI=1S/C12H13N3O2/c1-7-6-8(2)15-12(14-7)17-10-5-3-4-9(16)11(10)13/h3-6,16H,13H2,1-2H3. The molecule has 2 rings (SSSR count). The minimum absolute atomic E-state index is 0.0214. The number of aryl methyl sites for hydroxylation is 2. The molecule has 2 aromatic rings. The van der Waals surface area contributed by atoms with Crippen LogP contribution in [0.5, 0.6) is 17.5 Å². The van der Waals surface area contributed by atoms with Crippen molar-refractivity contribution in [3.05, 3.63) is 35.7 Å². The van der Waals surface area contributed by atoms with E-state index in [2.05, 4.69) is 9.97 Å². The topological polar surface area (TPSA) is 81.3 Å². The number of benzene rings is 1. The molecule has 0 unspecified atom stereocenters. The fourth-order valence-electron chi connectivity index (χ4n) is 1.46. The zero-order chi connectivity index (χ0) is 12.4. The number of nitrogen functional groups attached to an aromatic ring is 1. The highest BCUT2D eigenvalue weighted by atomic mass is 16.5. The molecule has 1 heterocycles. The molecule has 0 atom stereocenters. The van der Waals surface area contributed by atoms with Gasteiger partial charge in [0.1, 0.15) is 11.4 Å². The third-order valence-electron chi connectivity index (χ3n) is 2.21. The molecule has 5 nitrogen and oxygen atoms in total.